The van der Waals surface area contributed by atoms with Crippen molar-refractivity contribution >= 4 is 17.0 Å². The molecule has 2 aliphatic rings. The van der Waals surface area contributed by atoms with Crippen LogP contribution in [0.1, 0.15) is 76.7 Å². The molecule has 150 valence electrons. The first kappa shape index (κ1) is 19.1. The van der Waals surface area contributed by atoms with Crippen LogP contribution in [0.3, 0.4) is 0 Å². The van der Waals surface area contributed by atoms with E-state index in [-0.39, 0.29) is 17.9 Å². The first-order valence-electron chi connectivity index (χ1n) is 10.0. The minimum atomic E-state index is -0.787. The molecule has 0 saturated carbocycles. The van der Waals surface area contributed by atoms with Gasteiger partial charge in [0.2, 0.25) is 0 Å². The SMILES string of the molecule is CC[C@@H](C)c1cc(=O)oc2c3c(c4c(c12)OC(C)(C)C=C4)O[C@H](C)[C@H](C)[C@H]3O. The van der Waals surface area contributed by atoms with Crippen molar-refractivity contribution in [3.05, 3.63) is 39.3 Å². The number of fused-ring (bicyclic) bond motifs is 6. The average Bonchev–Trinajstić information content (AvgIpc) is 2.63. The molecule has 5 heteroatoms. The van der Waals surface area contributed by atoms with Crippen LogP contribution in [0.2, 0.25) is 0 Å². The smallest absolute Gasteiger partial charge is 0.336 e. The predicted octanol–water partition coefficient (Wildman–Crippen LogP) is 4.94. The van der Waals surface area contributed by atoms with Crippen molar-refractivity contribution in [3.63, 3.8) is 0 Å². The highest BCUT2D eigenvalue weighted by molar-refractivity contribution is 5.97. The molecule has 1 N–H and O–H groups in total. The van der Waals surface area contributed by atoms with Gasteiger partial charge in [0.05, 0.1) is 22.6 Å². The Bertz CT molecular complexity index is 1030. The Balaban J connectivity index is 2.19. The molecule has 0 aliphatic carbocycles. The monoisotopic (exact) mass is 384 g/mol. The van der Waals surface area contributed by atoms with Gasteiger partial charge in [-0.25, -0.2) is 4.79 Å². The van der Waals surface area contributed by atoms with Crippen LogP contribution in [0.5, 0.6) is 11.5 Å². The minimum Gasteiger partial charge on any atom is -0.489 e. The molecule has 3 heterocycles. The second kappa shape index (κ2) is 6.38. The lowest BCUT2D eigenvalue weighted by Crippen LogP contribution is -2.34. The minimum absolute atomic E-state index is 0.128. The van der Waals surface area contributed by atoms with Crippen molar-refractivity contribution in [2.24, 2.45) is 5.92 Å². The van der Waals surface area contributed by atoms with Crippen LogP contribution in [0.15, 0.2) is 21.4 Å². The molecule has 1 aromatic carbocycles. The Morgan fingerprint density at radius 2 is 1.96 bits per heavy atom. The molecule has 0 fully saturated rings. The zero-order chi connectivity index (χ0) is 20.4. The van der Waals surface area contributed by atoms with Crippen molar-refractivity contribution in [1.29, 1.82) is 0 Å². The van der Waals surface area contributed by atoms with Crippen molar-refractivity contribution in [2.75, 3.05) is 0 Å². The van der Waals surface area contributed by atoms with E-state index >= 15 is 0 Å². The fraction of sp³-hybridized carbons (Fsp3) is 0.522. The summed E-state index contributed by atoms with van der Waals surface area (Å²) >= 11 is 0. The summed E-state index contributed by atoms with van der Waals surface area (Å²) in [6.45, 7) is 12.0. The summed E-state index contributed by atoms with van der Waals surface area (Å²) in [5, 5.41) is 11.8. The third-order valence-corrected chi connectivity index (χ3v) is 6.20. The number of ether oxygens (including phenoxy) is 2. The number of benzene rings is 1. The van der Waals surface area contributed by atoms with Crippen LogP contribution in [-0.2, 0) is 0 Å². The first-order valence-corrected chi connectivity index (χ1v) is 10.0. The Morgan fingerprint density at radius 3 is 2.64 bits per heavy atom. The van der Waals surface area contributed by atoms with Gasteiger partial charge in [0.15, 0.2) is 5.58 Å². The highest BCUT2D eigenvalue weighted by atomic mass is 16.5. The summed E-state index contributed by atoms with van der Waals surface area (Å²) in [5.41, 5.74) is 1.70. The van der Waals surface area contributed by atoms with Gasteiger partial charge in [0, 0.05) is 12.0 Å². The second-order valence-electron chi connectivity index (χ2n) is 8.69. The van der Waals surface area contributed by atoms with Gasteiger partial charge >= 0.3 is 5.63 Å². The Labute approximate surface area is 165 Å². The van der Waals surface area contributed by atoms with Gasteiger partial charge in [-0.1, -0.05) is 20.8 Å². The van der Waals surface area contributed by atoms with E-state index in [0.717, 1.165) is 22.9 Å². The van der Waals surface area contributed by atoms with E-state index < -0.39 is 17.3 Å². The molecule has 0 unspecified atom stereocenters. The Morgan fingerprint density at radius 1 is 1.25 bits per heavy atom. The maximum absolute atomic E-state index is 12.4. The molecule has 2 aliphatic heterocycles. The average molecular weight is 384 g/mol. The van der Waals surface area contributed by atoms with E-state index in [1.807, 2.05) is 39.8 Å². The molecule has 4 rings (SSSR count). The van der Waals surface area contributed by atoms with E-state index in [2.05, 4.69) is 13.8 Å². The molecule has 1 aromatic heterocycles. The second-order valence-corrected chi connectivity index (χ2v) is 8.69. The lowest BCUT2D eigenvalue weighted by atomic mass is 9.84. The summed E-state index contributed by atoms with van der Waals surface area (Å²) in [5.74, 6) is 1.23. The molecule has 2 aromatic rings. The third-order valence-electron chi connectivity index (χ3n) is 6.20. The van der Waals surface area contributed by atoms with Crippen LogP contribution in [-0.4, -0.2) is 16.8 Å². The zero-order valence-corrected chi connectivity index (χ0v) is 17.3. The van der Waals surface area contributed by atoms with Gasteiger partial charge < -0.3 is 19.0 Å². The molecule has 0 bridgehead atoms. The van der Waals surface area contributed by atoms with Gasteiger partial charge in [-0.05, 0) is 50.8 Å². The molecule has 0 amide bonds. The van der Waals surface area contributed by atoms with Gasteiger partial charge in [0.25, 0.3) is 0 Å². The fourth-order valence-corrected chi connectivity index (χ4v) is 4.08. The first-order chi connectivity index (χ1) is 13.1. The quantitative estimate of drug-likeness (QED) is 0.743. The van der Waals surface area contributed by atoms with Crippen molar-refractivity contribution < 1.29 is 19.0 Å². The van der Waals surface area contributed by atoms with Gasteiger partial charge in [-0.3, -0.25) is 0 Å². The number of rotatable bonds is 2. The molecule has 0 spiro atoms. The molecule has 0 radical (unpaired) electrons. The van der Waals surface area contributed by atoms with E-state index in [4.69, 9.17) is 13.9 Å². The maximum Gasteiger partial charge on any atom is 0.336 e. The van der Waals surface area contributed by atoms with E-state index in [9.17, 15) is 9.90 Å². The van der Waals surface area contributed by atoms with Crippen LogP contribution in [0, 0.1) is 5.92 Å². The maximum atomic E-state index is 12.4. The third kappa shape index (κ3) is 2.75. The van der Waals surface area contributed by atoms with E-state index in [1.54, 1.807) is 6.07 Å². The predicted molar refractivity (Wildman–Crippen MR) is 109 cm³/mol. The summed E-state index contributed by atoms with van der Waals surface area (Å²) in [6, 6.07) is 1.56. The molecule has 28 heavy (non-hydrogen) atoms. The van der Waals surface area contributed by atoms with Gasteiger partial charge in [-0.2, -0.15) is 0 Å². The van der Waals surface area contributed by atoms with Crippen molar-refractivity contribution in [1.82, 2.24) is 0 Å². The van der Waals surface area contributed by atoms with E-state index in [1.165, 1.54) is 0 Å². The van der Waals surface area contributed by atoms with Gasteiger partial charge in [-0.15, -0.1) is 0 Å². The largest absolute Gasteiger partial charge is 0.489 e. The summed E-state index contributed by atoms with van der Waals surface area (Å²) in [7, 11) is 0. The standard InChI is InChI=1S/C23H28O5/c1-7-11(2)15-10-16(24)27-22-17(15)21-14(8-9-23(5,6)28-21)20-18(22)19(25)12(3)13(4)26-20/h8-13,19,25H,7H2,1-6H3/t11-,12+,13-,19-/m1/s1. The fourth-order valence-electron chi connectivity index (χ4n) is 4.08. The molecule has 0 saturated heterocycles. The molecular weight excluding hydrogens is 356 g/mol. The number of aliphatic hydroxyl groups is 1. The number of hydrogen-bond donors (Lipinski definition) is 1. The van der Waals surface area contributed by atoms with Crippen molar-refractivity contribution in [3.8, 4) is 11.5 Å². The highest BCUT2D eigenvalue weighted by Gasteiger charge is 2.40. The summed E-state index contributed by atoms with van der Waals surface area (Å²) < 4.78 is 18.2. The zero-order valence-electron chi connectivity index (χ0n) is 17.3. The molecular formula is C23H28O5. The molecule has 5 nitrogen and oxygen atoms in total. The summed E-state index contributed by atoms with van der Waals surface area (Å²) in [6.07, 6.45) is 3.90. The lowest BCUT2D eigenvalue weighted by molar-refractivity contribution is 0.0173. The molecule has 4 atom stereocenters. The Kier molecular flexibility index (Phi) is 4.34. The number of hydrogen-bond acceptors (Lipinski definition) is 5. The van der Waals surface area contributed by atoms with Gasteiger partial charge in [0.1, 0.15) is 23.2 Å². The van der Waals surface area contributed by atoms with Crippen LogP contribution in [0.4, 0.5) is 0 Å². The number of aliphatic hydroxyl groups excluding tert-OH is 1. The Hall–Kier alpha value is -2.27. The van der Waals surface area contributed by atoms with Crippen LogP contribution in [0.25, 0.3) is 17.0 Å². The van der Waals surface area contributed by atoms with Crippen LogP contribution >= 0.6 is 0 Å². The lowest BCUT2D eigenvalue weighted by Gasteiger charge is -2.37. The summed E-state index contributed by atoms with van der Waals surface area (Å²) in [4.78, 5) is 12.4. The van der Waals surface area contributed by atoms with E-state index in [0.29, 0.717) is 22.6 Å². The topological polar surface area (TPSA) is 68.9 Å². The van der Waals surface area contributed by atoms with Crippen molar-refractivity contribution in [2.45, 2.75) is 71.7 Å². The van der Waals surface area contributed by atoms with Crippen LogP contribution < -0.4 is 15.1 Å². The highest BCUT2D eigenvalue weighted by Crippen LogP contribution is 2.52. The normalized spacial score (nSPS) is 26.2.